The van der Waals surface area contributed by atoms with Crippen LogP contribution in [0.1, 0.15) is 20.3 Å². The summed E-state index contributed by atoms with van der Waals surface area (Å²) in [6, 6.07) is 0.0921. The van der Waals surface area contributed by atoms with Gasteiger partial charge in [-0.15, -0.1) is 0 Å². The highest BCUT2D eigenvalue weighted by Crippen LogP contribution is 2.30. The zero-order chi connectivity index (χ0) is 12.4. The summed E-state index contributed by atoms with van der Waals surface area (Å²) in [5.74, 6) is -0.277. The largest absolute Gasteiger partial charge is 0.457 e. The average Bonchev–Trinajstić information content (AvgIpc) is 2.79. The number of aliphatic hydroxyl groups excluding tert-OH is 1. The van der Waals surface area contributed by atoms with Gasteiger partial charge in [-0.2, -0.15) is 0 Å². The van der Waals surface area contributed by atoms with Crippen LogP contribution in [-0.2, 0) is 9.53 Å². The van der Waals surface area contributed by atoms with Gasteiger partial charge >= 0.3 is 5.97 Å². The Hall–Kier alpha value is -1.13. The Morgan fingerprint density at radius 1 is 1.65 bits per heavy atom. The van der Waals surface area contributed by atoms with E-state index in [1.165, 1.54) is 6.08 Å². The number of esters is 1. The van der Waals surface area contributed by atoms with Crippen molar-refractivity contribution >= 4 is 5.97 Å². The lowest BCUT2D eigenvalue weighted by atomic mass is 10.1. The summed E-state index contributed by atoms with van der Waals surface area (Å²) in [4.78, 5) is 13.8. The summed E-state index contributed by atoms with van der Waals surface area (Å²) in [5, 5.41) is 9.26. The van der Waals surface area contributed by atoms with Crippen LogP contribution in [0.5, 0.6) is 0 Å². The lowest BCUT2D eigenvalue weighted by Crippen LogP contribution is -2.35. The molecule has 2 aliphatic heterocycles. The van der Waals surface area contributed by atoms with Crippen molar-refractivity contribution in [3.8, 4) is 0 Å². The standard InChI is InChI=1S/C13H19NO3/c1-9(2)7-12(16)17-11-4-6-14-5-3-10(8-15)13(11)14/h3,7,11,13,15H,4-6,8H2,1-2H3/t11-,13-/m1/s1. The molecule has 17 heavy (non-hydrogen) atoms. The van der Waals surface area contributed by atoms with Gasteiger partial charge in [0.25, 0.3) is 0 Å². The summed E-state index contributed by atoms with van der Waals surface area (Å²) in [6.07, 6.45) is 4.29. The molecular weight excluding hydrogens is 218 g/mol. The van der Waals surface area contributed by atoms with E-state index in [9.17, 15) is 9.90 Å². The molecule has 2 aliphatic rings. The maximum atomic E-state index is 11.6. The average molecular weight is 237 g/mol. The number of hydrogen-bond acceptors (Lipinski definition) is 4. The molecule has 1 N–H and O–H groups in total. The second-order valence-electron chi connectivity index (χ2n) is 4.86. The van der Waals surface area contributed by atoms with Gasteiger partial charge in [-0.1, -0.05) is 11.6 Å². The first kappa shape index (κ1) is 12.3. The minimum atomic E-state index is -0.277. The van der Waals surface area contributed by atoms with Crippen molar-refractivity contribution in [1.29, 1.82) is 0 Å². The first-order chi connectivity index (χ1) is 8.11. The molecular formula is C13H19NO3. The maximum absolute atomic E-state index is 11.6. The van der Waals surface area contributed by atoms with Crippen molar-refractivity contribution < 1.29 is 14.6 Å². The van der Waals surface area contributed by atoms with Gasteiger partial charge < -0.3 is 9.84 Å². The third-order valence-corrected chi connectivity index (χ3v) is 3.27. The van der Waals surface area contributed by atoms with Crippen LogP contribution in [0.15, 0.2) is 23.3 Å². The molecule has 0 unspecified atom stereocenters. The Morgan fingerprint density at radius 2 is 2.41 bits per heavy atom. The van der Waals surface area contributed by atoms with Crippen LogP contribution in [0.4, 0.5) is 0 Å². The first-order valence-corrected chi connectivity index (χ1v) is 6.01. The molecule has 94 valence electrons. The van der Waals surface area contributed by atoms with Crippen LogP contribution in [0, 0.1) is 0 Å². The van der Waals surface area contributed by atoms with Crippen LogP contribution < -0.4 is 0 Å². The monoisotopic (exact) mass is 237 g/mol. The van der Waals surface area contributed by atoms with Crippen molar-refractivity contribution in [3.05, 3.63) is 23.3 Å². The number of hydrogen-bond donors (Lipinski definition) is 1. The molecule has 0 aromatic heterocycles. The fourth-order valence-electron chi connectivity index (χ4n) is 2.56. The number of nitrogens with zero attached hydrogens (tertiary/aromatic N) is 1. The molecule has 1 saturated heterocycles. The van der Waals surface area contributed by atoms with Crippen molar-refractivity contribution in [2.75, 3.05) is 19.7 Å². The lowest BCUT2D eigenvalue weighted by Gasteiger charge is -2.22. The SMILES string of the molecule is CC(C)=CC(=O)O[C@@H]1CCN2CC=C(CO)[C@H]12. The van der Waals surface area contributed by atoms with Crippen molar-refractivity contribution in [3.63, 3.8) is 0 Å². The van der Waals surface area contributed by atoms with Crippen molar-refractivity contribution in [1.82, 2.24) is 4.90 Å². The van der Waals surface area contributed by atoms with Gasteiger partial charge in [-0.3, -0.25) is 4.90 Å². The Morgan fingerprint density at radius 3 is 3.06 bits per heavy atom. The van der Waals surface area contributed by atoms with E-state index in [0.29, 0.717) is 0 Å². The zero-order valence-electron chi connectivity index (χ0n) is 10.3. The normalized spacial score (nSPS) is 27.6. The van der Waals surface area contributed by atoms with E-state index in [1.807, 2.05) is 19.9 Å². The first-order valence-electron chi connectivity index (χ1n) is 6.01. The fourth-order valence-corrected chi connectivity index (χ4v) is 2.56. The highest BCUT2D eigenvalue weighted by atomic mass is 16.5. The summed E-state index contributed by atoms with van der Waals surface area (Å²) in [5.41, 5.74) is 1.92. The van der Waals surface area contributed by atoms with Crippen LogP contribution in [0.25, 0.3) is 0 Å². The number of carbonyl (C=O) groups excluding carboxylic acids is 1. The Bertz CT molecular complexity index is 369. The van der Waals surface area contributed by atoms with E-state index >= 15 is 0 Å². The van der Waals surface area contributed by atoms with Crippen LogP contribution in [-0.4, -0.2) is 47.8 Å². The Kier molecular flexibility index (Phi) is 3.64. The number of aliphatic hydroxyl groups is 1. The van der Waals surface area contributed by atoms with Gasteiger partial charge in [-0.25, -0.2) is 4.79 Å². The van der Waals surface area contributed by atoms with Gasteiger partial charge in [0.05, 0.1) is 12.6 Å². The molecule has 0 aliphatic carbocycles. The maximum Gasteiger partial charge on any atom is 0.331 e. The number of carbonyl (C=O) groups is 1. The van der Waals surface area contributed by atoms with Gasteiger partial charge in [0.1, 0.15) is 6.10 Å². The molecule has 0 spiro atoms. The smallest absolute Gasteiger partial charge is 0.331 e. The van der Waals surface area contributed by atoms with Crippen LogP contribution in [0.3, 0.4) is 0 Å². The highest BCUT2D eigenvalue weighted by molar-refractivity contribution is 5.82. The molecule has 0 aromatic carbocycles. The molecule has 4 heteroatoms. The number of fused-ring (bicyclic) bond motifs is 1. The summed E-state index contributed by atoms with van der Waals surface area (Å²) in [6.45, 7) is 5.58. The second kappa shape index (κ2) is 5.02. The number of ether oxygens (including phenoxy) is 1. The zero-order valence-corrected chi connectivity index (χ0v) is 10.3. The molecule has 0 aromatic rings. The summed E-state index contributed by atoms with van der Waals surface area (Å²) in [7, 11) is 0. The predicted octanol–water partition coefficient (Wildman–Crippen LogP) is 0.871. The molecule has 0 radical (unpaired) electrons. The van der Waals surface area contributed by atoms with Gasteiger partial charge in [-0.05, 0) is 25.8 Å². The van der Waals surface area contributed by atoms with Gasteiger partial charge in [0.2, 0.25) is 0 Å². The Labute approximate surface area is 102 Å². The number of rotatable bonds is 3. The van der Waals surface area contributed by atoms with Gasteiger partial charge in [0.15, 0.2) is 0 Å². The Balaban J connectivity index is 2.01. The summed E-state index contributed by atoms with van der Waals surface area (Å²) >= 11 is 0. The molecule has 1 fully saturated rings. The minimum Gasteiger partial charge on any atom is -0.457 e. The predicted molar refractivity (Wildman–Crippen MR) is 64.5 cm³/mol. The molecule has 2 rings (SSSR count). The lowest BCUT2D eigenvalue weighted by molar-refractivity contribution is -0.143. The second-order valence-corrected chi connectivity index (χ2v) is 4.86. The van der Waals surface area contributed by atoms with Gasteiger partial charge in [0, 0.05) is 19.2 Å². The van der Waals surface area contributed by atoms with E-state index in [0.717, 1.165) is 30.7 Å². The molecule has 0 saturated carbocycles. The quantitative estimate of drug-likeness (QED) is 0.449. The topological polar surface area (TPSA) is 49.8 Å². The highest BCUT2D eigenvalue weighted by Gasteiger charge is 2.40. The molecule has 0 bridgehead atoms. The molecule has 2 atom stereocenters. The van der Waals surface area contributed by atoms with Crippen LogP contribution >= 0.6 is 0 Å². The van der Waals surface area contributed by atoms with Crippen molar-refractivity contribution in [2.45, 2.75) is 32.4 Å². The van der Waals surface area contributed by atoms with Crippen molar-refractivity contribution in [2.24, 2.45) is 0 Å². The number of allylic oxidation sites excluding steroid dienone is 1. The molecule has 2 heterocycles. The fraction of sp³-hybridized carbons (Fsp3) is 0.615. The van der Waals surface area contributed by atoms with E-state index in [4.69, 9.17) is 4.74 Å². The molecule has 0 amide bonds. The van der Waals surface area contributed by atoms with E-state index in [2.05, 4.69) is 4.90 Å². The van der Waals surface area contributed by atoms with E-state index in [-0.39, 0.29) is 24.7 Å². The summed E-state index contributed by atoms with van der Waals surface area (Å²) < 4.78 is 5.46. The third-order valence-electron chi connectivity index (χ3n) is 3.27. The third kappa shape index (κ3) is 2.58. The minimum absolute atomic E-state index is 0.0534. The van der Waals surface area contributed by atoms with E-state index in [1.54, 1.807) is 0 Å². The molecule has 4 nitrogen and oxygen atoms in total. The van der Waals surface area contributed by atoms with E-state index < -0.39 is 0 Å². The van der Waals surface area contributed by atoms with Crippen LogP contribution in [0.2, 0.25) is 0 Å².